The SMILES string of the molecule is C=C(CCl)C[Si](OC)(OC)OC.C=C[Si](CCl)(OC)OC.CCC[Si](CCC1CCC2OC2C1)(OCC)OCC.CCO[Si](CCCCC1CO1)(OCC)OCC.CO[Si](CCC1CCC2OC2C1)(OC)OC. The molecule has 5 rings (SSSR count). The minimum Gasteiger partial charge on any atom is -0.394 e. The molecule has 2 saturated carbocycles. The van der Waals surface area contributed by atoms with E-state index in [0.29, 0.717) is 67.8 Å². The molecule has 3 aliphatic heterocycles. The largest absolute Gasteiger partial charge is 0.504 e. The van der Waals surface area contributed by atoms with Crippen LogP contribution in [0.25, 0.3) is 0 Å². The van der Waals surface area contributed by atoms with Gasteiger partial charge in [0.05, 0.1) is 42.6 Å². The fraction of sp³-hybridized carbons (Fsp3) is 0.920. The highest BCUT2D eigenvalue weighted by Crippen LogP contribution is 2.43. The molecule has 5 aliphatic rings. The Morgan fingerprint density at radius 2 is 0.986 bits per heavy atom. The van der Waals surface area contributed by atoms with Crippen molar-refractivity contribution in [3.63, 3.8) is 0 Å². The van der Waals surface area contributed by atoms with Crippen LogP contribution in [0, 0.1) is 11.8 Å². The summed E-state index contributed by atoms with van der Waals surface area (Å²) in [6.07, 6.45) is 17.5. The van der Waals surface area contributed by atoms with Crippen LogP contribution in [0.15, 0.2) is 24.4 Å². The summed E-state index contributed by atoms with van der Waals surface area (Å²) < 4.78 is 87.9. The monoisotopic (exact) mass is 1170 g/mol. The summed E-state index contributed by atoms with van der Waals surface area (Å²) in [5.74, 6) is 2.01. The molecule has 0 aromatic rings. The first-order chi connectivity index (χ1) is 35.1. The van der Waals surface area contributed by atoms with E-state index < -0.39 is 43.5 Å². The minimum atomic E-state index is -2.49. The molecular formula is C50H104Cl2O16Si5. The summed E-state index contributed by atoms with van der Waals surface area (Å²) in [5.41, 5.74) is 2.93. The van der Waals surface area contributed by atoms with Crippen molar-refractivity contribution < 1.29 is 71.7 Å². The molecule has 5 fully saturated rings. The number of epoxide rings is 3. The van der Waals surface area contributed by atoms with E-state index in [0.717, 1.165) is 74.6 Å². The van der Waals surface area contributed by atoms with Crippen LogP contribution in [0.5, 0.6) is 0 Å². The predicted octanol–water partition coefficient (Wildman–Crippen LogP) is 11.2. The number of halogens is 2. The Balaban J connectivity index is 0.000000466. The second kappa shape index (κ2) is 39.8. The molecule has 0 amide bonds. The molecule has 0 aromatic carbocycles. The van der Waals surface area contributed by atoms with Gasteiger partial charge in [-0.25, -0.2) is 0 Å². The zero-order chi connectivity index (χ0) is 54.8. The molecule has 16 nitrogen and oxygen atoms in total. The average Bonchev–Trinajstić information content (AvgIpc) is 4.31. The molecule has 0 bridgehead atoms. The second-order valence-corrected chi connectivity index (χ2v) is 35.1. The molecule has 73 heavy (non-hydrogen) atoms. The van der Waals surface area contributed by atoms with Gasteiger partial charge in [-0.3, -0.25) is 0 Å². The van der Waals surface area contributed by atoms with Crippen molar-refractivity contribution in [2.75, 3.05) is 108 Å². The maximum Gasteiger partial charge on any atom is 0.504 e. The van der Waals surface area contributed by atoms with E-state index in [1.807, 2.05) is 20.8 Å². The lowest BCUT2D eigenvalue weighted by Gasteiger charge is -2.31. The fourth-order valence-corrected chi connectivity index (χ4v) is 21.3. The fourth-order valence-electron chi connectivity index (χ4n) is 9.40. The van der Waals surface area contributed by atoms with Gasteiger partial charge < -0.3 is 71.7 Å². The maximum atomic E-state index is 6.12. The molecule has 0 spiro atoms. The highest BCUT2D eigenvalue weighted by molar-refractivity contribution is 6.78. The van der Waals surface area contributed by atoms with Crippen molar-refractivity contribution >= 4 is 66.7 Å². The van der Waals surface area contributed by atoms with Gasteiger partial charge in [-0.05, 0) is 128 Å². The van der Waals surface area contributed by atoms with Crippen LogP contribution < -0.4 is 0 Å². The molecule has 3 heterocycles. The molecule has 0 radical (unpaired) electrons. The summed E-state index contributed by atoms with van der Waals surface area (Å²) in [4.78, 5) is 0. The summed E-state index contributed by atoms with van der Waals surface area (Å²) >= 11 is 11.2. The van der Waals surface area contributed by atoms with E-state index in [2.05, 4.69) is 33.9 Å². The third-order valence-electron chi connectivity index (χ3n) is 13.9. The topological polar surface area (TPSA) is 158 Å². The standard InChI is InChI=1S/C15H30O3Si.C12H26O4Si.C11H22O4Si.C7H15ClO3Si.C5H11ClO2Si/c1-4-10-19(16-5-2,17-6-3)11-9-13-7-8-14-15(12-13)18-14;1-4-14-17(15-5-2,16-6-3)10-8-7-9-12-11-13-12;1-12-16(13-2,14-3)7-6-9-4-5-10-11(8-9)15-10;1-7(5-8)6-12(9-2,10-3)11-4;1-4-9(5-6,7-2)8-3/h13-15H,4-12H2,1-3H3;12H,4-11H2,1-3H3;9-11H,4-8H2,1-3H3;1,5-6H2,2-4H3;4H,1,5H2,2-3H3. The van der Waals surface area contributed by atoms with Crippen LogP contribution in [0.4, 0.5) is 0 Å². The lowest BCUT2D eigenvalue weighted by atomic mass is 9.88. The van der Waals surface area contributed by atoms with Crippen LogP contribution in [-0.2, 0) is 71.7 Å². The van der Waals surface area contributed by atoms with Gasteiger partial charge in [-0.2, -0.15) is 0 Å². The number of rotatable bonds is 36. The first-order valence-electron chi connectivity index (χ1n) is 27.1. The van der Waals surface area contributed by atoms with E-state index in [-0.39, 0.29) is 0 Å². The van der Waals surface area contributed by atoms with E-state index in [1.54, 1.807) is 62.6 Å². The Kier molecular flexibility index (Phi) is 39.0. The molecule has 0 N–H and O–H groups in total. The summed E-state index contributed by atoms with van der Waals surface area (Å²) in [6, 6.07) is 4.72. The molecule has 0 aromatic heterocycles. The lowest BCUT2D eigenvalue weighted by Crippen LogP contribution is -2.45. The van der Waals surface area contributed by atoms with E-state index in [1.165, 1.54) is 63.8 Å². The number of ether oxygens (including phenoxy) is 3. The normalized spacial score (nSPS) is 23.1. The lowest BCUT2D eigenvalue weighted by molar-refractivity contribution is 0.0705. The smallest absolute Gasteiger partial charge is 0.394 e. The molecule has 3 saturated heterocycles. The molecule has 434 valence electrons. The Bertz CT molecular complexity index is 1350. The Morgan fingerprint density at radius 3 is 1.32 bits per heavy atom. The Morgan fingerprint density at radius 1 is 0.534 bits per heavy atom. The van der Waals surface area contributed by atoms with Crippen molar-refractivity contribution in [3.05, 3.63) is 24.4 Å². The average molecular weight is 1170 g/mol. The predicted molar refractivity (Wildman–Crippen MR) is 303 cm³/mol. The summed E-state index contributed by atoms with van der Waals surface area (Å²) in [6.45, 7) is 24.3. The van der Waals surface area contributed by atoms with Crippen LogP contribution >= 0.6 is 23.2 Å². The third-order valence-corrected chi connectivity index (χ3v) is 30.5. The second-order valence-electron chi connectivity index (χ2n) is 18.8. The van der Waals surface area contributed by atoms with Crippen molar-refractivity contribution in [2.24, 2.45) is 11.8 Å². The van der Waals surface area contributed by atoms with Crippen molar-refractivity contribution in [1.82, 2.24) is 0 Å². The van der Waals surface area contributed by atoms with Crippen LogP contribution in [-0.4, -0.2) is 182 Å². The highest BCUT2D eigenvalue weighted by Gasteiger charge is 2.47. The van der Waals surface area contributed by atoms with Gasteiger partial charge in [-0.15, -0.1) is 29.8 Å². The highest BCUT2D eigenvalue weighted by atomic mass is 35.5. The number of alkyl halides is 2. The summed E-state index contributed by atoms with van der Waals surface area (Å²) in [5, 5.41) is 0. The summed E-state index contributed by atoms with van der Waals surface area (Å²) in [7, 11) is 1.60. The quantitative estimate of drug-likeness (QED) is 0.0192. The molecule has 7 atom stereocenters. The first-order valence-corrected chi connectivity index (χ1v) is 38.2. The number of hydrogen-bond acceptors (Lipinski definition) is 16. The Hall–Kier alpha value is 0.504. The van der Waals surface area contributed by atoms with E-state index in [4.69, 9.17) is 95.0 Å². The van der Waals surface area contributed by atoms with E-state index >= 15 is 0 Å². The first kappa shape index (κ1) is 71.5. The van der Waals surface area contributed by atoms with Crippen molar-refractivity contribution in [3.8, 4) is 0 Å². The number of hydrogen-bond donors (Lipinski definition) is 0. The van der Waals surface area contributed by atoms with Crippen LogP contribution in [0.2, 0.25) is 30.2 Å². The van der Waals surface area contributed by atoms with Gasteiger partial charge in [0.2, 0.25) is 0 Å². The van der Waals surface area contributed by atoms with Gasteiger partial charge in [0.15, 0.2) is 0 Å². The number of unbranched alkanes of at least 4 members (excludes halogenated alkanes) is 1. The van der Waals surface area contributed by atoms with Gasteiger partial charge in [0, 0.05) is 114 Å². The zero-order valence-corrected chi connectivity index (χ0v) is 54.5. The molecule has 23 heteroatoms. The molecular weight excluding hydrogens is 1070 g/mol. The van der Waals surface area contributed by atoms with Crippen LogP contribution in [0.3, 0.4) is 0 Å². The van der Waals surface area contributed by atoms with Crippen molar-refractivity contribution in [2.45, 2.75) is 179 Å². The van der Waals surface area contributed by atoms with Gasteiger partial charge in [0.25, 0.3) is 0 Å². The zero-order valence-electron chi connectivity index (χ0n) is 48.0. The van der Waals surface area contributed by atoms with E-state index in [9.17, 15) is 0 Å². The number of allylic oxidation sites excluding steroid dienone is 1. The molecule has 7 unspecified atom stereocenters. The Labute approximate surface area is 459 Å². The third kappa shape index (κ3) is 27.5. The van der Waals surface area contributed by atoms with Crippen molar-refractivity contribution in [1.29, 1.82) is 0 Å². The van der Waals surface area contributed by atoms with Crippen LogP contribution in [0.1, 0.15) is 119 Å². The van der Waals surface area contributed by atoms with Gasteiger partial charge >= 0.3 is 43.5 Å². The van der Waals surface area contributed by atoms with Gasteiger partial charge in [-0.1, -0.05) is 31.9 Å². The maximum absolute atomic E-state index is 6.12. The number of fused-ring (bicyclic) bond motifs is 2. The minimum absolute atomic E-state index is 0.392. The van der Waals surface area contributed by atoms with Gasteiger partial charge in [0.1, 0.15) is 0 Å². The molecule has 2 aliphatic carbocycles.